The van der Waals surface area contributed by atoms with Gasteiger partial charge in [0.15, 0.2) is 17.5 Å². The van der Waals surface area contributed by atoms with Crippen molar-refractivity contribution >= 4 is 0 Å². The van der Waals surface area contributed by atoms with Crippen molar-refractivity contribution in [1.29, 1.82) is 0 Å². The molecule has 11 rings (SSSR count). The summed E-state index contributed by atoms with van der Waals surface area (Å²) in [5.74, 6) is 3.49. The second kappa shape index (κ2) is 12.9. The van der Waals surface area contributed by atoms with Crippen molar-refractivity contribution in [1.82, 2.24) is 15.0 Å². The van der Waals surface area contributed by atoms with Crippen molar-refractivity contribution in [3.8, 4) is 79.0 Å². The maximum Gasteiger partial charge on any atom is 0.164 e. The molecule has 0 N–H and O–H groups in total. The number of rotatable bonds is 5. The topological polar surface area (TPSA) is 47.9 Å². The Hall–Kier alpha value is -7.43. The van der Waals surface area contributed by atoms with E-state index < -0.39 is 5.41 Å². The summed E-state index contributed by atoms with van der Waals surface area (Å²) in [7, 11) is 0. The molecule has 2 aliphatic rings. The largest absolute Gasteiger partial charge is 0.457 e. The van der Waals surface area contributed by atoms with E-state index in [0.717, 1.165) is 61.6 Å². The molecule has 4 heteroatoms. The van der Waals surface area contributed by atoms with E-state index in [0.29, 0.717) is 17.5 Å². The van der Waals surface area contributed by atoms with Gasteiger partial charge in [0.2, 0.25) is 0 Å². The van der Waals surface area contributed by atoms with Crippen molar-refractivity contribution in [2.75, 3.05) is 0 Å². The summed E-state index contributed by atoms with van der Waals surface area (Å²) in [6, 6.07) is 70.1. The first-order chi connectivity index (χ1) is 27.7. The van der Waals surface area contributed by atoms with E-state index in [1.807, 2.05) is 18.2 Å². The molecule has 1 aliphatic heterocycles. The molecule has 4 nitrogen and oxygen atoms in total. The van der Waals surface area contributed by atoms with Crippen molar-refractivity contribution in [2.45, 2.75) is 5.41 Å². The highest BCUT2D eigenvalue weighted by molar-refractivity contribution is 5.89. The summed E-state index contributed by atoms with van der Waals surface area (Å²) < 4.78 is 6.73. The summed E-state index contributed by atoms with van der Waals surface area (Å²) in [6.07, 6.45) is 0. The van der Waals surface area contributed by atoms with Gasteiger partial charge in [-0.2, -0.15) is 0 Å². The van der Waals surface area contributed by atoms with Crippen LogP contribution in [0.1, 0.15) is 22.3 Å². The Morgan fingerprint density at radius 1 is 0.286 bits per heavy atom. The van der Waals surface area contributed by atoms with Gasteiger partial charge in [0.05, 0.1) is 5.41 Å². The van der Waals surface area contributed by atoms with Crippen molar-refractivity contribution in [3.05, 3.63) is 222 Å². The van der Waals surface area contributed by atoms with E-state index >= 15 is 0 Å². The zero-order valence-electron chi connectivity index (χ0n) is 30.3. The Balaban J connectivity index is 1.14. The molecule has 8 aromatic carbocycles. The Morgan fingerprint density at radius 2 is 0.696 bits per heavy atom. The zero-order chi connectivity index (χ0) is 37.1. The molecule has 0 saturated carbocycles. The van der Waals surface area contributed by atoms with Gasteiger partial charge in [0.1, 0.15) is 11.5 Å². The number of hydrogen-bond acceptors (Lipinski definition) is 4. The predicted molar refractivity (Wildman–Crippen MR) is 224 cm³/mol. The Bertz CT molecular complexity index is 2810. The van der Waals surface area contributed by atoms with Crippen LogP contribution in [0, 0.1) is 0 Å². The minimum atomic E-state index is -0.597. The standard InChI is InChI=1S/C52H33N3O/c1-3-15-34(16-4-1)36-19-13-21-38(31-36)49-53-50(39-22-14-20-37(32-39)35-17-5-2-6-18-35)55-51(54-49)40-29-30-48-46(33-40)52(45-27-11-12-28-47(45)56-48)43-25-9-7-23-41(43)42-24-8-10-26-44(42)52/h1-33H. The molecule has 0 fully saturated rings. The Kier molecular flexibility index (Phi) is 7.36. The van der Waals surface area contributed by atoms with Gasteiger partial charge in [-0.1, -0.05) is 164 Å². The molecule has 9 aromatic rings. The maximum absolute atomic E-state index is 6.73. The second-order valence-electron chi connectivity index (χ2n) is 14.4. The lowest BCUT2D eigenvalue weighted by molar-refractivity contribution is 0.436. The van der Waals surface area contributed by atoms with Crippen molar-refractivity contribution in [2.24, 2.45) is 0 Å². The lowest BCUT2D eigenvalue weighted by atomic mass is 9.66. The first kappa shape index (κ1) is 32.0. The molecule has 1 aromatic heterocycles. The minimum absolute atomic E-state index is 0.594. The molecule has 0 amide bonds. The molecule has 0 atom stereocenters. The third kappa shape index (κ3) is 5.04. The van der Waals surface area contributed by atoms with E-state index in [-0.39, 0.29) is 0 Å². The van der Waals surface area contributed by atoms with Crippen LogP contribution in [-0.4, -0.2) is 15.0 Å². The molecule has 0 unspecified atom stereocenters. The first-order valence-corrected chi connectivity index (χ1v) is 18.9. The molecular formula is C52H33N3O. The third-order valence-corrected chi connectivity index (χ3v) is 11.2. The van der Waals surface area contributed by atoms with Crippen LogP contribution >= 0.6 is 0 Å². The van der Waals surface area contributed by atoms with Gasteiger partial charge in [-0.15, -0.1) is 0 Å². The van der Waals surface area contributed by atoms with E-state index in [1.54, 1.807) is 0 Å². The summed E-state index contributed by atoms with van der Waals surface area (Å²) in [6.45, 7) is 0. The predicted octanol–water partition coefficient (Wildman–Crippen LogP) is 12.7. The fourth-order valence-corrected chi connectivity index (χ4v) is 8.70. The Morgan fingerprint density at radius 3 is 1.25 bits per heavy atom. The molecule has 1 aliphatic carbocycles. The number of nitrogens with zero attached hydrogens (tertiary/aromatic N) is 3. The highest BCUT2D eigenvalue weighted by Crippen LogP contribution is 2.62. The van der Waals surface area contributed by atoms with Crippen LogP contribution in [0.2, 0.25) is 0 Å². The fraction of sp³-hybridized carbons (Fsp3) is 0.0192. The lowest BCUT2D eigenvalue weighted by Gasteiger charge is -2.39. The number of ether oxygens (including phenoxy) is 1. The summed E-state index contributed by atoms with van der Waals surface area (Å²) in [5, 5.41) is 0. The normalized spacial score (nSPS) is 12.9. The molecule has 262 valence electrons. The van der Waals surface area contributed by atoms with Crippen LogP contribution in [0.25, 0.3) is 67.5 Å². The summed E-state index contributed by atoms with van der Waals surface area (Å²) in [5.41, 5.74) is 13.7. The Labute approximate surface area is 325 Å². The highest BCUT2D eigenvalue weighted by atomic mass is 16.5. The monoisotopic (exact) mass is 715 g/mol. The molecular weight excluding hydrogens is 683 g/mol. The van der Waals surface area contributed by atoms with E-state index in [1.165, 1.54) is 22.3 Å². The molecule has 0 saturated heterocycles. The molecule has 0 bridgehead atoms. The third-order valence-electron chi connectivity index (χ3n) is 11.2. The molecule has 2 heterocycles. The number of benzene rings is 8. The summed E-state index contributed by atoms with van der Waals surface area (Å²) >= 11 is 0. The quantitative estimate of drug-likeness (QED) is 0.178. The van der Waals surface area contributed by atoms with Gasteiger partial charge in [-0.3, -0.25) is 0 Å². The molecule has 0 radical (unpaired) electrons. The highest BCUT2D eigenvalue weighted by Gasteiger charge is 2.51. The van der Waals surface area contributed by atoms with Gasteiger partial charge in [0, 0.05) is 27.8 Å². The van der Waals surface area contributed by atoms with E-state index in [4.69, 9.17) is 19.7 Å². The first-order valence-electron chi connectivity index (χ1n) is 18.9. The van der Waals surface area contributed by atoms with Crippen molar-refractivity contribution < 1.29 is 4.74 Å². The number of aromatic nitrogens is 3. The molecule has 56 heavy (non-hydrogen) atoms. The van der Waals surface area contributed by atoms with Crippen LogP contribution in [0.4, 0.5) is 0 Å². The lowest BCUT2D eigenvalue weighted by Crippen LogP contribution is -2.32. The molecule has 1 spiro atoms. The SMILES string of the molecule is c1ccc(-c2cccc(-c3nc(-c4cccc(-c5ccccc5)c4)nc(-c4ccc5c(c4)C4(c6ccccc6O5)c5ccccc5-c5ccccc54)n3)c2)cc1. The van der Waals surface area contributed by atoms with Gasteiger partial charge in [0.25, 0.3) is 0 Å². The van der Waals surface area contributed by atoms with Gasteiger partial charge in [-0.05, 0) is 80.9 Å². The number of hydrogen-bond donors (Lipinski definition) is 0. The van der Waals surface area contributed by atoms with Gasteiger partial charge >= 0.3 is 0 Å². The average molecular weight is 716 g/mol. The fourth-order valence-electron chi connectivity index (χ4n) is 8.70. The van der Waals surface area contributed by atoms with Crippen LogP contribution in [0.15, 0.2) is 200 Å². The van der Waals surface area contributed by atoms with Crippen LogP contribution in [0.3, 0.4) is 0 Å². The number of para-hydroxylation sites is 1. The van der Waals surface area contributed by atoms with Crippen LogP contribution in [-0.2, 0) is 5.41 Å². The summed E-state index contributed by atoms with van der Waals surface area (Å²) in [4.78, 5) is 15.7. The van der Waals surface area contributed by atoms with Gasteiger partial charge in [-0.25, -0.2) is 15.0 Å². The van der Waals surface area contributed by atoms with Crippen LogP contribution in [0.5, 0.6) is 11.5 Å². The second-order valence-corrected chi connectivity index (χ2v) is 14.4. The average Bonchev–Trinajstić information content (AvgIpc) is 3.57. The zero-order valence-corrected chi connectivity index (χ0v) is 30.3. The maximum atomic E-state index is 6.73. The van der Waals surface area contributed by atoms with Crippen molar-refractivity contribution in [3.63, 3.8) is 0 Å². The minimum Gasteiger partial charge on any atom is -0.457 e. The van der Waals surface area contributed by atoms with E-state index in [2.05, 4.69) is 182 Å². The smallest absolute Gasteiger partial charge is 0.164 e. The van der Waals surface area contributed by atoms with Crippen LogP contribution < -0.4 is 4.74 Å². The van der Waals surface area contributed by atoms with Gasteiger partial charge < -0.3 is 4.74 Å². The number of fused-ring (bicyclic) bond motifs is 9. The van der Waals surface area contributed by atoms with E-state index in [9.17, 15) is 0 Å².